The first-order valence-corrected chi connectivity index (χ1v) is 7.07. The van der Waals surface area contributed by atoms with Crippen LogP contribution in [-0.2, 0) is 6.54 Å². The molecule has 0 aromatic heterocycles. The zero-order chi connectivity index (χ0) is 13.0. The van der Waals surface area contributed by atoms with Gasteiger partial charge in [-0.15, -0.1) is 11.8 Å². The minimum atomic E-state index is 0.484. The molecule has 0 spiro atoms. The van der Waals surface area contributed by atoms with Gasteiger partial charge in [-0.2, -0.15) is 0 Å². The van der Waals surface area contributed by atoms with Gasteiger partial charge in [0.25, 0.3) is 0 Å². The van der Waals surface area contributed by atoms with Gasteiger partial charge in [-0.05, 0) is 37.4 Å². The van der Waals surface area contributed by atoms with E-state index in [1.165, 1.54) is 10.5 Å². The zero-order valence-corrected chi connectivity index (χ0v) is 11.5. The van der Waals surface area contributed by atoms with Crippen molar-refractivity contribution in [3.05, 3.63) is 53.6 Å². The van der Waals surface area contributed by atoms with Crippen LogP contribution in [0.1, 0.15) is 11.1 Å². The van der Waals surface area contributed by atoms with Gasteiger partial charge in [0, 0.05) is 17.0 Å². The van der Waals surface area contributed by atoms with E-state index < -0.39 is 0 Å². The molecule has 2 N–H and O–H groups in total. The van der Waals surface area contributed by atoms with Crippen molar-refractivity contribution in [3.63, 3.8) is 0 Å². The van der Waals surface area contributed by atoms with Crippen LogP contribution in [-0.4, -0.2) is 6.26 Å². The first-order chi connectivity index (χ1) is 8.74. The molecule has 0 amide bonds. The standard InChI is InChI=1S/C15H17NOS/c1-11-6-8-12(9-7-11)17-14-4-3-5-15(18-2)13(14)10-16/h3-9H,10,16H2,1-2H3. The van der Waals surface area contributed by atoms with E-state index >= 15 is 0 Å². The largest absolute Gasteiger partial charge is 0.457 e. The highest BCUT2D eigenvalue weighted by atomic mass is 32.2. The van der Waals surface area contributed by atoms with E-state index in [1.54, 1.807) is 11.8 Å². The number of thioether (sulfide) groups is 1. The number of aryl methyl sites for hydroxylation is 1. The van der Waals surface area contributed by atoms with Crippen molar-refractivity contribution in [3.8, 4) is 11.5 Å². The summed E-state index contributed by atoms with van der Waals surface area (Å²) in [6.07, 6.45) is 2.05. The molecule has 0 atom stereocenters. The monoisotopic (exact) mass is 259 g/mol. The third-order valence-corrected chi connectivity index (χ3v) is 3.59. The Morgan fingerprint density at radius 1 is 1.11 bits per heavy atom. The Bertz CT molecular complexity index is 523. The third-order valence-electron chi connectivity index (χ3n) is 2.76. The number of hydrogen-bond acceptors (Lipinski definition) is 3. The SMILES string of the molecule is CSc1cccc(Oc2ccc(C)cc2)c1CN. The summed E-state index contributed by atoms with van der Waals surface area (Å²) < 4.78 is 5.90. The summed E-state index contributed by atoms with van der Waals surface area (Å²) >= 11 is 1.69. The molecular weight excluding hydrogens is 242 g/mol. The predicted octanol–water partition coefficient (Wildman–Crippen LogP) is 3.97. The molecule has 0 saturated carbocycles. The molecular formula is C15H17NOS. The molecule has 94 valence electrons. The van der Waals surface area contributed by atoms with Crippen LogP contribution in [0.25, 0.3) is 0 Å². The van der Waals surface area contributed by atoms with Crippen molar-refractivity contribution in [2.75, 3.05) is 6.26 Å². The zero-order valence-electron chi connectivity index (χ0n) is 10.6. The Hall–Kier alpha value is -1.45. The Balaban J connectivity index is 2.31. The Kier molecular flexibility index (Phi) is 4.28. The first kappa shape index (κ1) is 13.0. The summed E-state index contributed by atoms with van der Waals surface area (Å²) in [6, 6.07) is 14.0. The highest BCUT2D eigenvalue weighted by molar-refractivity contribution is 7.98. The molecule has 3 heteroatoms. The molecule has 0 fully saturated rings. The van der Waals surface area contributed by atoms with E-state index in [9.17, 15) is 0 Å². The summed E-state index contributed by atoms with van der Waals surface area (Å²) in [5.41, 5.74) is 8.09. The summed E-state index contributed by atoms with van der Waals surface area (Å²) in [5.74, 6) is 1.68. The molecule has 0 unspecified atom stereocenters. The Morgan fingerprint density at radius 2 is 1.83 bits per heavy atom. The van der Waals surface area contributed by atoms with Gasteiger partial charge in [-0.25, -0.2) is 0 Å². The van der Waals surface area contributed by atoms with Gasteiger partial charge >= 0.3 is 0 Å². The lowest BCUT2D eigenvalue weighted by atomic mass is 10.2. The van der Waals surface area contributed by atoms with Gasteiger partial charge in [0.2, 0.25) is 0 Å². The van der Waals surface area contributed by atoms with Crippen LogP contribution in [0.2, 0.25) is 0 Å². The smallest absolute Gasteiger partial charge is 0.133 e. The molecule has 0 saturated heterocycles. The van der Waals surface area contributed by atoms with E-state index in [2.05, 4.69) is 13.0 Å². The molecule has 0 heterocycles. The van der Waals surface area contributed by atoms with Gasteiger partial charge in [0.05, 0.1) is 0 Å². The van der Waals surface area contributed by atoms with Crippen molar-refractivity contribution < 1.29 is 4.74 Å². The molecule has 2 rings (SSSR count). The van der Waals surface area contributed by atoms with Crippen LogP contribution < -0.4 is 10.5 Å². The highest BCUT2D eigenvalue weighted by Crippen LogP contribution is 2.31. The second-order valence-corrected chi connectivity index (χ2v) is 4.90. The number of ether oxygens (including phenoxy) is 1. The summed E-state index contributed by atoms with van der Waals surface area (Å²) in [5, 5.41) is 0. The second kappa shape index (κ2) is 5.94. The van der Waals surface area contributed by atoms with Crippen LogP contribution in [0.5, 0.6) is 11.5 Å². The van der Waals surface area contributed by atoms with Gasteiger partial charge in [0.15, 0.2) is 0 Å². The molecule has 0 bridgehead atoms. The van der Waals surface area contributed by atoms with Gasteiger partial charge in [-0.3, -0.25) is 0 Å². The van der Waals surface area contributed by atoms with Crippen molar-refractivity contribution in [1.82, 2.24) is 0 Å². The predicted molar refractivity (Wildman–Crippen MR) is 77.4 cm³/mol. The summed E-state index contributed by atoms with van der Waals surface area (Å²) in [4.78, 5) is 1.17. The number of nitrogens with two attached hydrogens (primary N) is 1. The summed E-state index contributed by atoms with van der Waals surface area (Å²) in [6.45, 7) is 2.54. The van der Waals surface area contributed by atoms with Crippen molar-refractivity contribution in [1.29, 1.82) is 0 Å². The van der Waals surface area contributed by atoms with E-state index in [-0.39, 0.29) is 0 Å². The maximum atomic E-state index is 5.90. The molecule has 2 aromatic rings. The van der Waals surface area contributed by atoms with Crippen LogP contribution in [0.15, 0.2) is 47.4 Å². The van der Waals surface area contributed by atoms with Gasteiger partial charge in [-0.1, -0.05) is 23.8 Å². The lowest BCUT2D eigenvalue weighted by molar-refractivity contribution is 0.474. The molecule has 18 heavy (non-hydrogen) atoms. The lowest BCUT2D eigenvalue weighted by Gasteiger charge is -2.13. The van der Waals surface area contributed by atoms with Gasteiger partial charge in [0.1, 0.15) is 11.5 Å². The molecule has 2 nitrogen and oxygen atoms in total. The number of hydrogen-bond donors (Lipinski definition) is 1. The molecule has 0 aliphatic carbocycles. The average molecular weight is 259 g/mol. The molecule has 0 radical (unpaired) electrons. The van der Waals surface area contributed by atoms with E-state index in [0.717, 1.165) is 17.1 Å². The van der Waals surface area contributed by atoms with Crippen LogP contribution in [0, 0.1) is 6.92 Å². The minimum Gasteiger partial charge on any atom is -0.457 e. The fourth-order valence-electron chi connectivity index (χ4n) is 1.77. The molecule has 2 aromatic carbocycles. The Morgan fingerprint density at radius 3 is 2.44 bits per heavy atom. The Labute approximate surface area is 112 Å². The van der Waals surface area contributed by atoms with Crippen molar-refractivity contribution >= 4 is 11.8 Å². The van der Waals surface area contributed by atoms with Gasteiger partial charge < -0.3 is 10.5 Å². The second-order valence-electron chi connectivity index (χ2n) is 4.06. The normalized spacial score (nSPS) is 10.4. The quantitative estimate of drug-likeness (QED) is 0.844. The first-order valence-electron chi connectivity index (χ1n) is 5.85. The van der Waals surface area contributed by atoms with Crippen LogP contribution >= 0.6 is 11.8 Å². The van der Waals surface area contributed by atoms with Crippen molar-refractivity contribution in [2.24, 2.45) is 5.73 Å². The maximum Gasteiger partial charge on any atom is 0.133 e. The number of rotatable bonds is 4. The molecule has 0 aliphatic rings. The molecule has 0 aliphatic heterocycles. The maximum absolute atomic E-state index is 5.90. The number of benzene rings is 2. The summed E-state index contributed by atoms with van der Waals surface area (Å²) in [7, 11) is 0. The van der Waals surface area contributed by atoms with Crippen LogP contribution in [0.4, 0.5) is 0 Å². The fourth-order valence-corrected chi connectivity index (χ4v) is 2.41. The van der Waals surface area contributed by atoms with Crippen molar-refractivity contribution in [2.45, 2.75) is 18.4 Å². The third kappa shape index (κ3) is 2.86. The lowest BCUT2D eigenvalue weighted by Crippen LogP contribution is -2.01. The topological polar surface area (TPSA) is 35.2 Å². The minimum absolute atomic E-state index is 0.484. The highest BCUT2D eigenvalue weighted by Gasteiger charge is 2.08. The van der Waals surface area contributed by atoms with E-state index in [0.29, 0.717) is 6.54 Å². The van der Waals surface area contributed by atoms with E-state index in [1.807, 2.05) is 42.7 Å². The van der Waals surface area contributed by atoms with Crippen LogP contribution in [0.3, 0.4) is 0 Å². The van der Waals surface area contributed by atoms with E-state index in [4.69, 9.17) is 10.5 Å². The fraction of sp³-hybridized carbons (Fsp3) is 0.200. The average Bonchev–Trinajstić information content (AvgIpc) is 2.41.